The molecule has 0 atom stereocenters. The fraction of sp³-hybridized carbons (Fsp3) is 0.333. The Morgan fingerprint density at radius 3 is 2.28 bits per heavy atom. The van der Waals surface area contributed by atoms with E-state index < -0.39 is 4.92 Å². The number of carbonyl (C=O) groups is 2. The van der Waals surface area contributed by atoms with Crippen LogP contribution in [0.1, 0.15) is 33.6 Å². The Hall–Kier alpha value is -3.42. The summed E-state index contributed by atoms with van der Waals surface area (Å²) < 4.78 is 0. The second-order valence-corrected chi connectivity index (χ2v) is 7.35. The summed E-state index contributed by atoms with van der Waals surface area (Å²) >= 11 is 0. The van der Waals surface area contributed by atoms with Crippen LogP contribution < -0.4 is 10.2 Å². The van der Waals surface area contributed by atoms with Crippen LogP contribution >= 0.6 is 0 Å². The largest absolute Gasteiger partial charge is 0.362 e. The topological polar surface area (TPSA) is 95.8 Å². The molecule has 0 unspecified atom stereocenters. The lowest BCUT2D eigenvalue weighted by Gasteiger charge is -2.35. The van der Waals surface area contributed by atoms with Crippen LogP contribution in [0.2, 0.25) is 0 Å². The van der Waals surface area contributed by atoms with E-state index in [1.165, 1.54) is 6.07 Å². The number of amides is 2. The molecule has 2 aromatic carbocycles. The van der Waals surface area contributed by atoms with E-state index in [2.05, 4.69) is 5.32 Å². The monoisotopic (exact) mass is 394 g/mol. The Balaban J connectivity index is 1.46. The quantitative estimate of drug-likeness (QED) is 0.621. The summed E-state index contributed by atoms with van der Waals surface area (Å²) in [6.45, 7) is 1.95. The molecule has 1 N–H and O–H groups in total. The van der Waals surface area contributed by atoms with Gasteiger partial charge in [-0.05, 0) is 37.1 Å². The van der Waals surface area contributed by atoms with Crippen molar-refractivity contribution in [3.63, 3.8) is 0 Å². The molecule has 1 saturated carbocycles. The summed E-state index contributed by atoms with van der Waals surface area (Å²) in [4.78, 5) is 39.6. The van der Waals surface area contributed by atoms with Crippen molar-refractivity contribution >= 4 is 23.2 Å². The first kappa shape index (κ1) is 18.9. The zero-order valence-electron chi connectivity index (χ0n) is 15.9. The first-order chi connectivity index (χ1) is 14.0. The minimum Gasteiger partial charge on any atom is -0.362 e. The smallest absolute Gasteiger partial charge is 0.293 e. The number of hydrogen-bond donors (Lipinski definition) is 1. The second kappa shape index (κ2) is 7.90. The van der Waals surface area contributed by atoms with E-state index in [1.807, 2.05) is 23.1 Å². The third kappa shape index (κ3) is 4.21. The van der Waals surface area contributed by atoms with Gasteiger partial charge in [0.05, 0.1) is 4.92 Å². The van der Waals surface area contributed by atoms with Crippen LogP contribution in [-0.4, -0.2) is 53.9 Å². The molecule has 1 aliphatic carbocycles. The van der Waals surface area contributed by atoms with Gasteiger partial charge in [-0.1, -0.05) is 18.2 Å². The zero-order valence-corrected chi connectivity index (χ0v) is 15.9. The van der Waals surface area contributed by atoms with E-state index in [4.69, 9.17) is 0 Å². The van der Waals surface area contributed by atoms with E-state index in [0.29, 0.717) is 43.0 Å². The molecule has 2 amide bonds. The molecule has 8 heteroatoms. The van der Waals surface area contributed by atoms with Gasteiger partial charge >= 0.3 is 0 Å². The van der Waals surface area contributed by atoms with E-state index in [0.717, 1.165) is 12.8 Å². The first-order valence-electron chi connectivity index (χ1n) is 9.71. The fourth-order valence-corrected chi connectivity index (χ4v) is 3.49. The van der Waals surface area contributed by atoms with Gasteiger partial charge in [0.15, 0.2) is 0 Å². The maximum Gasteiger partial charge on any atom is 0.293 e. The predicted octanol–water partition coefficient (Wildman–Crippen LogP) is 2.45. The number of anilines is 1. The number of piperazine rings is 1. The molecular weight excluding hydrogens is 372 g/mol. The zero-order chi connectivity index (χ0) is 20.4. The minimum absolute atomic E-state index is 0.0353. The van der Waals surface area contributed by atoms with Crippen molar-refractivity contribution in [2.75, 3.05) is 31.1 Å². The van der Waals surface area contributed by atoms with E-state index in [1.54, 1.807) is 29.2 Å². The molecule has 1 heterocycles. The maximum absolute atomic E-state index is 12.6. The summed E-state index contributed by atoms with van der Waals surface area (Å²) in [6.07, 6.45) is 1.91. The number of nitro groups is 1. The molecule has 2 aromatic rings. The molecule has 2 aliphatic rings. The highest BCUT2D eigenvalue weighted by Gasteiger charge is 2.28. The molecule has 0 spiro atoms. The van der Waals surface area contributed by atoms with Gasteiger partial charge in [0.1, 0.15) is 5.69 Å². The normalized spacial score (nSPS) is 16.4. The van der Waals surface area contributed by atoms with Crippen LogP contribution in [0.15, 0.2) is 48.5 Å². The summed E-state index contributed by atoms with van der Waals surface area (Å²) in [7, 11) is 0. The van der Waals surface area contributed by atoms with Crippen molar-refractivity contribution in [3.05, 3.63) is 69.8 Å². The lowest BCUT2D eigenvalue weighted by molar-refractivity contribution is -0.384. The Morgan fingerprint density at radius 2 is 1.66 bits per heavy atom. The molecule has 0 aromatic heterocycles. The lowest BCUT2D eigenvalue weighted by atomic mass is 10.1. The molecule has 0 radical (unpaired) electrons. The summed E-state index contributed by atoms with van der Waals surface area (Å²) in [5.74, 6) is -0.313. The van der Waals surface area contributed by atoms with Crippen LogP contribution in [-0.2, 0) is 0 Å². The van der Waals surface area contributed by atoms with Gasteiger partial charge in [0.2, 0.25) is 0 Å². The number of benzene rings is 2. The lowest BCUT2D eigenvalue weighted by Crippen LogP contribution is -2.49. The third-order valence-electron chi connectivity index (χ3n) is 5.28. The molecular formula is C21H22N4O4. The van der Waals surface area contributed by atoms with Gasteiger partial charge < -0.3 is 15.1 Å². The van der Waals surface area contributed by atoms with Crippen LogP contribution in [0.5, 0.6) is 0 Å². The second-order valence-electron chi connectivity index (χ2n) is 7.35. The number of nitrogens with one attached hydrogen (secondary N) is 1. The number of nitro benzene ring substituents is 1. The van der Waals surface area contributed by atoms with Gasteiger partial charge in [-0.15, -0.1) is 0 Å². The van der Waals surface area contributed by atoms with Crippen molar-refractivity contribution in [1.82, 2.24) is 10.2 Å². The third-order valence-corrected chi connectivity index (χ3v) is 5.28. The highest BCUT2D eigenvalue weighted by molar-refractivity contribution is 5.96. The average Bonchev–Trinajstić information content (AvgIpc) is 3.57. The molecule has 0 bridgehead atoms. The van der Waals surface area contributed by atoms with Gasteiger partial charge in [0.25, 0.3) is 17.5 Å². The van der Waals surface area contributed by atoms with Crippen molar-refractivity contribution < 1.29 is 14.5 Å². The number of hydrogen-bond acceptors (Lipinski definition) is 5. The van der Waals surface area contributed by atoms with E-state index in [9.17, 15) is 19.7 Å². The fourth-order valence-electron chi connectivity index (χ4n) is 3.49. The summed E-state index contributed by atoms with van der Waals surface area (Å²) in [5.41, 5.74) is 1.32. The minimum atomic E-state index is -0.454. The van der Waals surface area contributed by atoms with Gasteiger partial charge in [-0.3, -0.25) is 19.7 Å². The number of rotatable bonds is 5. The molecule has 150 valence electrons. The summed E-state index contributed by atoms with van der Waals surface area (Å²) in [6, 6.07) is 13.9. The first-order valence-corrected chi connectivity index (χ1v) is 9.71. The molecule has 29 heavy (non-hydrogen) atoms. The van der Waals surface area contributed by atoms with Crippen LogP contribution in [0.3, 0.4) is 0 Å². The Kier molecular flexibility index (Phi) is 5.16. The van der Waals surface area contributed by atoms with Crippen molar-refractivity contribution in [3.8, 4) is 0 Å². The summed E-state index contributed by atoms with van der Waals surface area (Å²) in [5, 5.41) is 14.5. The molecule has 2 fully saturated rings. The van der Waals surface area contributed by atoms with E-state index in [-0.39, 0.29) is 23.5 Å². The van der Waals surface area contributed by atoms with Gasteiger partial charge in [-0.2, -0.15) is 0 Å². The SMILES string of the molecule is O=C(NC1CC1)c1ccc(N2CCN(C(=O)c3ccccc3)CC2)c([N+](=O)[O-])c1. The van der Waals surface area contributed by atoms with Gasteiger partial charge in [-0.25, -0.2) is 0 Å². The van der Waals surface area contributed by atoms with Gasteiger partial charge in [0, 0.05) is 49.4 Å². The molecule has 1 aliphatic heterocycles. The van der Waals surface area contributed by atoms with Crippen molar-refractivity contribution in [2.45, 2.75) is 18.9 Å². The maximum atomic E-state index is 12.6. The Labute approximate surface area is 168 Å². The van der Waals surface area contributed by atoms with Crippen LogP contribution in [0, 0.1) is 10.1 Å². The Morgan fingerprint density at radius 1 is 0.966 bits per heavy atom. The van der Waals surface area contributed by atoms with Crippen molar-refractivity contribution in [1.29, 1.82) is 0 Å². The molecule has 4 rings (SSSR count). The van der Waals surface area contributed by atoms with Crippen LogP contribution in [0.4, 0.5) is 11.4 Å². The molecule has 8 nitrogen and oxygen atoms in total. The number of carbonyl (C=O) groups excluding carboxylic acids is 2. The molecule has 1 saturated heterocycles. The van der Waals surface area contributed by atoms with Crippen molar-refractivity contribution in [2.24, 2.45) is 0 Å². The Bertz CT molecular complexity index is 935. The predicted molar refractivity (Wildman–Crippen MR) is 108 cm³/mol. The number of nitrogens with zero attached hydrogens (tertiary/aromatic N) is 3. The highest BCUT2D eigenvalue weighted by Crippen LogP contribution is 2.30. The van der Waals surface area contributed by atoms with E-state index >= 15 is 0 Å². The van der Waals surface area contributed by atoms with Crippen LogP contribution in [0.25, 0.3) is 0 Å². The standard InChI is InChI=1S/C21H22N4O4/c26-20(22-17-7-8-17)16-6-9-18(19(14-16)25(28)29)23-10-12-24(13-11-23)21(27)15-4-2-1-3-5-15/h1-6,9,14,17H,7-8,10-13H2,(H,22,26). The average molecular weight is 394 g/mol. The highest BCUT2D eigenvalue weighted by atomic mass is 16.6.